The first kappa shape index (κ1) is 18.0. The standard InChI is InChI=1S/C20H24ClN3OS/c1-15(25)24(12-16-4-9-26-14-16)19-10-20(19)5-7-23(8-6-20)13-18-3-2-17(21)11-22-18/h2-4,9,11,14,19H,5-8,10,12-13H2,1H3. The Morgan fingerprint density at radius 2 is 2.19 bits per heavy atom. The maximum absolute atomic E-state index is 12.2. The second-order valence-electron chi connectivity index (χ2n) is 7.60. The molecule has 0 aromatic carbocycles. The number of carbonyl (C=O) groups excluding carboxylic acids is 1. The molecule has 4 nitrogen and oxygen atoms in total. The largest absolute Gasteiger partial charge is 0.335 e. The molecule has 0 bridgehead atoms. The molecule has 138 valence electrons. The van der Waals surface area contributed by atoms with Gasteiger partial charge in [-0.1, -0.05) is 11.6 Å². The number of halogens is 1. The van der Waals surface area contributed by atoms with E-state index >= 15 is 0 Å². The fourth-order valence-electron chi connectivity index (χ4n) is 4.21. The van der Waals surface area contributed by atoms with E-state index in [-0.39, 0.29) is 5.91 Å². The van der Waals surface area contributed by atoms with Crippen molar-refractivity contribution >= 4 is 28.8 Å². The lowest BCUT2D eigenvalue weighted by molar-refractivity contribution is -0.130. The summed E-state index contributed by atoms with van der Waals surface area (Å²) in [7, 11) is 0. The summed E-state index contributed by atoms with van der Waals surface area (Å²) in [6.45, 7) is 5.49. The minimum Gasteiger partial charge on any atom is -0.335 e. The van der Waals surface area contributed by atoms with Crippen LogP contribution in [0.3, 0.4) is 0 Å². The molecule has 1 unspecified atom stereocenters. The molecule has 2 aromatic rings. The number of amides is 1. The van der Waals surface area contributed by atoms with E-state index in [1.165, 1.54) is 18.4 Å². The van der Waals surface area contributed by atoms with E-state index < -0.39 is 0 Å². The molecule has 2 aromatic heterocycles. The van der Waals surface area contributed by atoms with Crippen molar-refractivity contribution in [1.82, 2.24) is 14.8 Å². The van der Waals surface area contributed by atoms with Gasteiger partial charge in [-0.2, -0.15) is 11.3 Å². The third kappa shape index (κ3) is 3.80. The van der Waals surface area contributed by atoms with Crippen LogP contribution in [-0.4, -0.2) is 39.8 Å². The van der Waals surface area contributed by atoms with Gasteiger partial charge >= 0.3 is 0 Å². The fraction of sp³-hybridized carbons (Fsp3) is 0.500. The number of likely N-dealkylation sites (tertiary alicyclic amines) is 1. The Kier molecular flexibility index (Phi) is 5.04. The lowest BCUT2D eigenvalue weighted by atomic mass is 9.92. The summed E-state index contributed by atoms with van der Waals surface area (Å²) >= 11 is 7.61. The van der Waals surface area contributed by atoms with Crippen LogP contribution in [0, 0.1) is 5.41 Å². The number of carbonyl (C=O) groups is 1. The Labute approximate surface area is 163 Å². The molecule has 1 atom stereocenters. The van der Waals surface area contributed by atoms with Crippen LogP contribution in [0.1, 0.15) is 37.4 Å². The number of aromatic nitrogens is 1. The fourth-order valence-corrected chi connectivity index (χ4v) is 4.98. The van der Waals surface area contributed by atoms with Gasteiger partial charge < -0.3 is 4.90 Å². The van der Waals surface area contributed by atoms with Gasteiger partial charge in [-0.25, -0.2) is 0 Å². The molecule has 1 aliphatic carbocycles. The molecule has 1 aliphatic heterocycles. The molecule has 26 heavy (non-hydrogen) atoms. The van der Waals surface area contributed by atoms with Crippen LogP contribution in [0.5, 0.6) is 0 Å². The summed E-state index contributed by atoms with van der Waals surface area (Å²) in [6.07, 6.45) is 5.20. The quantitative estimate of drug-likeness (QED) is 0.768. The van der Waals surface area contributed by atoms with Crippen LogP contribution in [0.4, 0.5) is 0 Å². The number of pyridine rings is 1. The Hall–Kier alpha value is -1.43. The first-order chi connectivity index (χ1) is 12.6. The van der Waals surface area contributed by atoms with Crippen molar-refractivity contribution in [1.29, 1.82) is 0 Å². The highest BCUT2D eigenvalue weighted by molar-refractivity contribution is 7.07. The van der Waals surface area contributed by atoms with E-state index in [1.807, 2.05) is 12.1 Å². The second kappa shape index (κ2) is 7.29. The SMILES string of the molecule is CC(=O)N(Cc1ccsc1)C1CC12CCN(Cc1ccc(Cl)cn1)CC2. The Bertz CT molecular complexity index is 754. The van der Waals surface area contributed by atoms with Crippen molar-refractivity contribution in [3.63, 3.8) is 0 Å². The smallest absolute Gasteiger partial charge is 0.220 e. The summed E-state index contributed by atoms with van der Waals surface area (Å²) in [5, 5.41) is 4.91. The van der Waals surface area contributed by atoms with Gasteiger partial charge in [0, 0.05) is 32.3 Å². The zero-order chi connectivity index (χ0) is 18.1. The van der Waals surface area contributed by atoms with Crippen LogP contribution in [0.2, 0.25) is 5.02 Å². The summed E-state index contributed by atoms with van der Waals surface area (Å²) in [5.41, 5.74) is 2.66. The maximum Gasteiger partial charge on any atom is 0.220 e. The van der Waals surface area contributed by atoms with Crippen molar-refractivity contribution < 1.29 is 4.79 Å². The van der Waals surface area contributed by atoms with E-state index in [4.69, 9.17) is 11.6 Å². The Balaban J connectivity index is 1.34. The lowest BCUT2D eigenvalue weighted by Crippen LogP contribution is -2.39. The summed E-state index contributed by atoms with van der Waals surface area (Å²) < 4.78 is 0. The third-order valence-electron chi connectivity index (χ3n) is 5.89. The molecular formula is C20H24ClN3OS. The minimum atomic E-state index is 0.200. The van der Waals surface area contributed by atoms with Crippen LogP contribution in [0.25, 0.3) is 0 Å². The molecular weight excluding hydrogens is 366 g/mol. The van der Waals surface area contributed by atoms with Crippen molar-refractivity contribution in [3.8, 4) is 0 Å². The highest BCUT2D eigenvalue weighted by Crippen LogP contribution is 2.57. The van der Waals surface area contributed by atoms with Crippen molar-refractivity contribution in [2.24, 2.45) is 5.41 Å². The third-order valence-corrected chi connectivity index (χ3v) is 6.84. The van der Waals surface area contributed by atoms with E-state index in [2.05, 4.69) is 31.6 Å². The average molecular weight is 390 g/mol. The van der Waals surface area contributed by atoms with Gasteiger partial charge in [0.05, 0.1) is 10.7 Å². The van der Waals surface area contributed by atoms with Gasteiger partial charge in [0.1, 0.15) is 0 Å². The average Bonchev–Trinajstić information content (AvgIpc) is 3.05. The molecule has 1 amide bonds. The zero-order valence-corrected chi connectivity index (χ0v) is 16.6. The summed E-state index contributed by atoms with van der Waals surface area (Å²) in [5.74, 6) is 0.200. The predicted octanol–water partition coefficient (Wildman–Crippen LogP) is 4.20. The monoisotopic (exact) mass is 389 g/mol. The first-order valence-electron chi connectivity index (χ1n) is 9.17. The normalized spacial score (nSPS) is 21.7. The highest BCUT2D eigenvalue weighted by atomic mass is 35.5. The van der Waals surface area contributed by atoms with E-state index in [1.54, 1.807) is 24.5 Å². The van der Waals surface area contributed by atoms with Gasteiger partial charge in [-0.3, -0.25) is 14.7 Å². The predicted molar refractivity (Wildman–Crippen MR) is 105 cm³/mol. The van der Waals surface area contributed by atoms with Gasteiger partial charge in [-0.15, -0.1) is 0 Å². The Morgan fingerprint density at radius 3 is 2.81 bits per heavy atom. The molecule has 0 N–H and O–H groups in total. The van der Waals surface area contributed by atoms with Crippen LogP contribution in [0.15, 0.2) is 35.2 Å². The maximum atomic E-state index is 12.2. The van der Waals surface area contributed by atoms with E-state index in [0.29, 0.717) is 16.5 Å². The number of hydrogen-bond acceptors (Lipinski definition) is 4. The molecule has 1 saturated carbocycles. The molecule has 1 saturated heterocycles. The first-order valence-corrected chi connectivity index (χ1v) is 10.5. The van der Waals surface area contributed by atoms with Gasteiger partial charge in [-0.05, 0) is 72.3 Å². The van der Waals surface area contributed by atoms with Crippen LogP contribution >= 0.6 is 22.9 Å². The lowest BCUT2D eigenvalue weighted by Gasteiger charge is -2.34. The summed E-state index contributed by atoms with van der Waals surface area (Å²) in [6, 6.07) is 6.44. The van der Waals surface area contributed by atoms with Crippen molar-refractivity contribution in [3.05, 3.63) is 51.4 Å². The zero-order valence-electron chi connectivity index (χ0n) is 15.0. The number of piperidine rings is 1. The molecule has 2 fully saturated rings. The number of hydrogen-bond donors (Lipinski definition) is 0. The van der Waals surface area contributed by atoms with Crippen LogP contribution in [-0.2, 0) is 17.9 Å². The number of thiophene rings is 1. The second-order valence-corrected chi connectivity index (χ2v) is 8.82. The van der Waals surface area contributed by atoms with Gasteiger partial charge in [0.25, 0.3) is 0 Å². The molecule has 1 spiro atoms. The van der Waals surface area contributed by atoms with E-state index in [9.17, 15) is 4.79 Å². The van der Waals surface area contributed by atoms with Gasteiger partial charge in [0.15, 0.2) is 0 Å². The number of rotatable bonds is 5. The van der Waals surface area contributed by atoms with E-state index in [0.717, 1.165) is 38.3 Å². The van der Waals surface area contributed by atoms with Crippen molar-refractivity contribution in [2.45, 2.75) is 45.3 Å². The highest BCUT2D eigenvalue weighted by Gasteiger charge is 2.58. The minimum absolute atomic E-state index is 0.200. The Morgan fingerprint density at radius 1 is 1.38 bits per heavy atom. The molecule has 6 heteroatoms. The molecule has 0 radical (unpaired) electrons. The molecule has 3 heterocycles. The number of nitrogens with zero attached hydrogens (tertiary/aromatic N) is 3. The molecule has 2 aliphatic rings. The topological polar surface area (TPSA) is 36.4 Å². The molecule has 4 rings (SSSR count). The van der Waals surface area contributed by atoms with Crippen molar-refractivity contribution in [2.75, 3.05) is 13.1 Å². The summed E-state index contributed by atoms with van der Waals surface area (Å²) in [4.78, 5) is 21.2. The van der Waals surface area contributed by atoms with Crippen LogP contribution < -0.4 is 0 Å². The van der Waals surface area contributed by atoms with Gasteiger partial charge in [0.2, 0.25) is 5.91 Å².